The van der Waals surface area contributed by atoms with E-state index in [-0.39, 0.29) is 5.69 Å². The number of rotatable bonds is 2. The summed E-state index contributed by atoms with van der Waals surface area (Å²) < 4.78 is 2.18. The van der Waals surface area contributed by atoms with E-state index in [4.69, 9.17) is 16.7 Å². The van der Waals surface area contributed by atoms with Crippen LogP contribution in [-0.2, 0) is 0 Å². The maximum atomic E-state index is 10.9. The summed E-state index contributed by atoms with van der Waals surface area (Å²) in [6, 6.07) is 5.32. The van der Waals surface area contributed by atoms with Gasteiger partial charge in [-0.2, -0.15) is 5.10 Å². The van der Waals surface area contributed by atoms with Crippen LogP contribution in [0, 0.1) is 6.92 Å². The van der Waals surface area contributed by atoms with Crippen LogP contribution < -0.4 is 0 Å². The van der Waals surface area contributed by atoms with Crippen LogP contribution in [0.4, 0.5) is 0 Å². The third-order valence-corrected chi connectivity index (χ3v) is 3.65. The van der Waals surface area contributed by atoms with Crippen LogP contribution in [0.25, 0.3) is 5.69 Å². The van der Waals surface area contributed by atoms with Crippen molar-refractivity contribution in [2.75, 3.05) is 0 Å². The summed E-state index contributed by atoms with van der Waals surface area (Å²) in [7, 11) is 0. The highest BCUT2D eigenvalue weighted by Gasteiger charge is 2.14. The molecule has 0 aliphatic heterocycles. The maximum absolute atomic E-state index is 10.9. The minimum atomic E-state index is -1.04. The number of aromatic carboxylic acids is 1. The molecule has 0 saturated carbocycles. The second kappa shape index (κ2) is 4.50. The maximum Gasteiger partial charge on any atom is 0.356 e. The molecule has 0 atom stereocenters. The van der Waals surface area contributed by atoms with E-state index in [1.807, 2.05) is 0 Å². The predicted octanol–water partition coefficient (Wildman–Crippen LogP) is 3.29. The van der Waals surface area contributed by atoms with E-state index < -0.39 is 5.97 Å². The van der Waals surface area contributed by atoms with Gasteiger partial charge in [0.15, 0.2) is 5.69 Å². The highest BCUT2D eigenvalue weighted by atomic mass is 79.9. The molecule has 17 heavy (non-hydrogen) atoms. The number of aromatic nitrogens is 2. The molecule has 1 aromatic carbocycles. The summed E-state index contributed by atoms with van der Waals surface area (Å²) in [5, 5.41) is 13.5. The van der Waals surface area contributed by atoms with Crippen molar-refractivity contribution in [1.82, 2.24) is 9.78 Å². The molecule has 1 N–H and O–H groups in total. The van der Waals surface area contributed by atoms with Gasteiger partial charge in [-0.3, -0.25) is 0 Å². The zero-order valence-corrected chi connectivity index (χ0v) is 11.2. The molecule has 0 aliphatic rings. The summed E-state index contributed by atoms with van der Waals surface area (Å²) in [5.74, 6) is -1.04. The smallest absolute Gasteiger partial charge is 0.356 e. The van der Waals surface area contributed by atoms with Gasteiger partial charge in [-0.15, -0.1) is 0 Å². The van der Waals surface area contributed by atoms with Crippen LogP contribution in [0.3, 0.4) is 0 Å². The molecule has 0 bridgehead atoms. The van der Waals surface area contributed by atoms with Gasteiger partial charge >= 0.3 is 5.97 Å². The average Bonchev–Trinajstić information content (AvgIpc) is 2.64. The fourth-order valence-electron chi connectivity index (χ4n) is 1.46. The van der Waals surface area contributed by atoms with Crippen molar-refractivity contribution in [2.24, 2.45) is 0 Å². The summed E-state index contributed by atoms with van der Waals surface area (Å²) >= 11 is 9.32. The highest BCUT2D eigenvalue weighted by molar-refractivity contribution is 9.10. The number of carboxylic acid groups (broad SMARTS) is 1. The van der Waals surface area contributed by atoms with Crippen molar-refractivity contribution in [1.29, 1.82) is 0 Å². The summed E-state index contributed by atoms with van der Waals surface area (Å²) in [6.45, 7) is 1.70. The van der Waals surface area contributed by atoms with Crippen molar-refractivity contribution in [3.8, 4) is 5.69 Å². The molecule has 0 saturated heterocycles. The molecular weight excluding hydrogens is 307 g/mol. The Balaban J connectivity index is 2.58. The van der Waals surface area contributed by atoms with Gasteiger partial charge in [0, 0.05) is 11.8 Å². The largest absolute Gasteiger partial charge is 0.476 e. The molecule has 2 aromatic rings. The minimum Gasteiger partial charge on any atom is -0.476 e. The molecule has 2 rings (SSSR count). The molecule has 6 heteroatoms. The minimum absolute atomic E-state index is 0.0388. The first-order valence-corrected chi connectivity index (χ1v) is 5.91. The number of nitrogens with zero attached hydrogens (tertiary/aromatic N) is 2. The van der Waals surface area contributed by atoms with Crippen LogP contribution in [0.5, 0.6) is 0 Å². The first kappa shape index (κ1) is 12.1. The SMILES string of the molecule is Cc1cn(-c2cccc(Cl)c2Br)nc1C(=O)O. The first-order chi connectivity index (χ1) is 8.00. The second-order valence-corrected chi connectivity index (χ2v) is 4.68. The summed E-state index contributed by atoms with van der Waals surface area (Å²) in [4.78, 5) is 10.9. The van der Waals surface area contributed by atoms with Crippen molar-refractivity contribution >= 4 is 33.5 Å². The van der Waals surface area contributed by atoms with Crippen molar-refractivity contribution in [3.63, 3.8) is 0 Å². The van der Waals surface area contributed by atoms with Crippen LogP contribution in [0.2, 0.25) is 5.02 Å². The van der Waals surface area contributed by atoms with E-state index in [0.717, 1.165) is 0 Å². The zero-order chi connectivity index (χ0) is 12.6. The Labute approximate surface area is 111 Å². The molecule has 1 heterocycles. The molecule has 0 aliphatic carbocycles. The Morgan fingerprint density at radius 3 is 2.82 bits per heavy atom. The Bertz CT molecular complexity index is 595. The van der Waals surface area contributed by atoms with Gasteiger partial charge in [0.2, 0.25) is 0 Å². The number of hydrogen-bond acceptors (Lipinski definition) is 2. The van der Waals surface area contributed by atoms with E-state index in [0.29, 0.717) is 20.7 Å². The molecule has 88 valence electrons. The summed E-state index contributed by atoms with van der Waals surface area (Å²) in [6.07, 6.45) is 1.65. The lowest BCUT2D eigenvalue weighted by molar-refractivity contribution is 0.0689. The number of hydrogen-bond donors (Lipinski definition) is 1. The lowest BCUT2D eigenvalue weighted by Gasteiger charge is -2.05. The topological polar surface area (TPSA) is 55.1 Å². The van der Waals surface area contributed by atoms with Gasteiger partial charge in [0.05, 0.1) is 15.2 Å². The van der Waals surface area contributed by atoms with Crippen LogP contribution in [-0.4, -0.2) is 20.9 Å². The standard InChI is InChI=1S/C11H8BrClN2O2/c1-6-5-15(14-10(6)11(16)17)8-4-2-3-7(13)9(8)12/h2-5H,1H3,(H,16,17). The number of carboxylic acids is 1. The van der Waals surface area contributed by atoms with Gasteiger partial charge in [-0.1, -0.05) is 17.7 Å². The molecule has 0 unspecified atom stereocenters. The van der Waals surface area contributed by atoms with Crippen LogP contribution >= 0.6 is 27.5 Å². The highest BCUT2D eigenvalue weighted by Crippen LogP contribution is 2.28. The third kappa shape index (κ3) is 2.21. The van der Waals surface area contributed by atoms with Gasteiger partial charge in [-0.05, 0) is 35.0 Å². The fraction of sp³-hybridized carbons (Fsp3) is 0.0909. The lowest BCUT2D eigenvalue weighted by atomic mass is 10.3. The van der Waals surface area contributed by atoms with Crippen LogP contribution in [0.1, 0.15) is 16.1 Å². The number of aryl methyl sites for hydroxylation is 1. The molecule has 0 amide bonds. The molecule has 0 radical (unpaired) electrons. The van der Waals surface area contributed by atoms with Crippen molar-refractivity contribution < 1.29 is 9.90 Å². The van der Waals surface area contributed by atoms with Gasteiger partial charge in [0.1, 0.15) is 0 Å². The zero-order valence-electron chi connectivity index (χ0n) is 8.82. The van der Waals surface area contributed by atoms with Crippen molar-refractivity contribution in [3.05, 3.63) is 45.1 Å². The van der Waals surface area contributed by atoms with Gasteiger partial charge in [-0.25, -0.2) is 9.48 Å². The number of halogens is 2. The number of carbonyl (C=O) groups is 1. The first-order valence-electron chi connectivity index (χ1n) is 4.74. The van der Waals surface area contributed by atoms with Gasteiger partial charge < -0.3 is 5.11 Å². The summed E-state index contributed by atoms with van der Waals surface area (Å²) in [5.41, 5.74) is 1.34. The molecule has 0 spiro atoms. The van der Waals surface area contributed by atoms with E-state index in [1.54, 1.807) is 31.3 Å². The monoisotopic (exact) mass is 314 g/mol. The van der Waals surface area contributed by atoms with E-state index >= 15 is 0 Å². The van der Waals surface area contributed by atoms with Crippen LogP contribution in [0.15, 0.2) is 28.9 Å². The quantitative estimate of drug-likeness (QED) is 0.925. The average molecular weight is 316 g/mol. The molecule has 1 aromatic heterocycles. The van der Waals surface area contributed by atoms with E-state index in [9.17, 15) is 4.79 Å². The third-order valence-electron chi connectivity index (χ3n) is 2.28. The Kier molecular flexibility index (Phi) is 3.22. The Morgan fingerprint density at radius 1 is 1.53 bits per heavy atom. The molecule has 0 fully saturated rings. The van der Waals surface area contributed by atoms with E-state index in [1.165, 1.54) is 4.68 Å². The Morgan fingerprint density at radius 2 is 2.24 bits per heavy atom. The van der Waals surface area contributed by atoms with E-state index in [2.05, 4.69) is 21.0 Å². The normalized spacial score (nSPS) is 10.5. The molecular formula is C11H8BrClN2O2. The Hall–Kier alpha value is -1.33. The molecule has 4 nitrogen and oxygen atoms in total. The predicted molar refractivity (Wildman–Crippen MR) is 68.0 cm³/mol. The van der Waals surface area contributed by atoms with Crippen molar-refractivity contribution in [2.45, 2.75) is 6.92 Å². The van der Waals surface area contributed by atoms with Gasteiger partial charge in [0.25, 0.3) is 0 Å². The lowest BCUT2D eigenvalue weighted by Crippen LogP contribution is -2.02. The second-order valence-electron chi connectivity index (χ2n) is 3.48. The fourth-order valence-corrected chi connectivity index (χ4v) is 2.08. The number of benzene rings is 1.